The van der Waals surface area contributed by atoms with E-state index in [1.807, 2.05) is 115 Å². The van der Waals surface area contributed by atoms with Gasteiger partial charge in [0.1, 0.15) is 37.1 Å². The minimum Gasteiger partial charge on any atom is -0.497 e. The summed E-state index contributed by atoms with van der Waals surface area (Å²) in [6.07, 6.45) is 6.86. The number of carbonyl (C=O) groups excluding carboxylic acids is 3. The molecule has 1 heterocycles. The fourth-order valence-corrected chi connectivity index (χ4v) is 17.4. The summed E-state index contributed by atoms with van der Waals surface area (Å²) in [5.74, 6) is 0.176. The molecular weight excluding hydrogens is 869 g/mol. The first-order valence-electron chi connectivity index (χ1n) is 22.9. The van der Waals surface area contributed by atoms with Gasteiger partial charge in [0.25, 0.3) is 0 Å². The van der Waals surface area contributed by atoms with Crippen LogP contribution in [0, 0.1) is 0 Å². The van der Waals surface area contributed by atoms with Gasteiger partial charge in [0.2, 0.25) is 0 Å². The number of methoxy groups -OCH3 is 2. The van der Waals surface area contributed by atoms with E-state index in [2.05, 4.69) is 33.1 Å². The Kier molecular flexibility index (Phi) is 17.4. The number of benzene rings is 5. The predicted octanol–water partition coefficient (Wildman–Crippen LogP) is 11.5. The zero-order chi connectivity index (χ0) is 47.2. The van der Waals surface area contributed by atoms with E-state index in [1.165, 1.54) is 18.9 Å². The number of esters is 3. The summed E-state index contributed by atoms with van der Waals surface area (Å²) in [5.41, 5.74) is 2.95. The monoisotopic (exact) mass is 932 g/mol. The van der Waals surface area contributed by atoms with Gasteiger partial charge in [-0.1, -0.05) is 98.6 Å². The topological polar surface area (TPSA) is 125 Å². The highest BCUT2D eigenvalue weighted by molar-refractivity contribution is 6.84. The lowest BCUT2D eigenvalue weighted by molar-refractivity contribution is -0.151. The van der Waals surface area contributed by atoms with Crippen molar-refractivity contribution in [3.63, 3.8) is 0 Å². The molecule has 350 valence electrons. The smallest absolute Gasteiger partial charge is 0.339 e. The maximum absolute atomic E-state index is 14.4. The van der Waals surface area contributed by atoms with E-state index in [0.29, 0.717) is 40.5 Å². The number of hydrogen-bond donors (Lipinski definition) is 0. The molecule has 0 fully saturated rings. The fraction of sp³-hybridized carbons (Fsp3) is 0.377. The normalized spacial score (nSPS) is 13.1. The third kappa shape index (κ3) is 12.8. The highest BCUT2D eigenvalue weighted by Gasteiger charge is 2.40. The highest BCUT2D eigenvalue weighted by Crippen LogP contribution is 2.50. The van der Waals surface area contributed by atoms with Crippen LogP contribution in [-0.2, 0) is 38.3 Å². The van der Waals surface area contributed by atoms with Crippen LogP contribution >= 0.6 is 0 Å². The molecule has 0 unspecified atom stereocenters. The first-order valence-corrected chi connectivity index (χ1v) is 29.1. The van der Waals surface area contributed by atoms with E-state index < -0.39 is 40.1 Å². The quantitative estimate of drug-likeness (QED) is 0.0254. The second kappa shape index (κ2) is 23.1. The van der Waals surface area contributed by atoms with Crippen molar-refractivity contribution in [1.29, 1.82) is 0 Å². The predicted molar refractivity (Wildman–Crippen MR) is 263 cm³/mol. The summed E-state index contributed by atoms with van der Waals surface area (Å²) in [4.78, 5) is 39.4. The van der Waals surface area contributed by atoms with Crippen LogP contribution in [0.15, 0.2) is 109 Å². The van der Waals surface area contributed by atoms with Gasteiger partial charge < -0.3 is 37.3 Å². The van der Waals surface area contributed by atoms with Gasteiger partial charge in [0.05, 0.1) is 39.2 Å². The van der Waals surface area contributed by atoms with Gasteiger partial charge in [-0.2, -0.15) is 0 Å². The second-order valence-electron chi connectivity index (χ2n) is 17.6. The molecule has 5 aromatic rings. The van der Waals surface area contributed by atoms with Crippen molar-refractivity contribution in [3.05, 3.63) is 131 Å². The van der Waals surface area contributed by atoms with Crippen molar-refractivity contribution < 1.29 is 51.7 Å². The zero-order valence-corrected chi connectivity index (χ0v) is 41.4. The van der Waals surface area contributed by atoms with Gasteiger partial charge in [-0.3, -0.25) is 9.59 Å². The largest absolute Gasteiger partial charge is 0.497 e. The Bertz CT molecular complexity index is 2380. The molecule has 0 aliphatic carbocycles. The van der Waals surface area contributed by atoms with E-state index in [-0.39, 0.29) is 39.3 Å². The van der Waals surface area contributed by atoms with Gasteiger partial charge in [-0.15, -0.1) is 0 Å². The van der Waals surface area contributed by atoms with Crippen LogP contribution in [0.3, 0.4) is 0 Å². The number of rotatable bonds is 24. The van der Waals surface area contributed by atoms with Gasteiger partial charge in [-0.25, -0.2) is 4.79 Å². The van der Waals surface area contributed by atoms with Crippen molar-refractivity contribution in [2.45, 2.75) is 82.9 Å². The average molecular weight is 933 g/mol. The van der Waals surface area contributed by atoms with E-state index in [9.17, 15) is 14.4 Å². The van der Waals surface area contributed by atoms with Crippen LogP contribution in [0.2, 0.25) is 38.3 Å². The molecule has 0 atom stereocenters. The van der Waals surface area contributed by atoms with E-state index in [1.54, 1.807) is 14.2 Å². The Balaban J connectivity index is 1.08. The Morgan fingerprint density at radius 3 is 1.71 bits per heavy atom. The van der Waals surface area contributed by atoms with Gasteiger partial charge in [0, 0.05) is 34.2 Å². The van der Waals surface area contributed by atoms with Crippen molar-refractivity contribution >= 4 is 51.4 Å². The molecule has 0 saturated carbocycles. The van der Waals surface area contributed by atoms with Crippen LogP contribution in [0.4, 0.5) is 0 Å². The summed E-state index contributed by atoms with van der Waals surface area (Å²) in [6.45, 7) is 11.9. The van der Waals surface area contributed by atoms with Gasteiger partial charge in [0.15, 0.2) is 22.2 Å². The van der Waals surface area contributed by atoms with Crippen LogP contribution in [0.1, 0.15) is 66.1 Å². The fourth-order valence-electron chi connectivity index (χ4n) is 8.44. The first kappa shape index (κ1) is 49.7. The lowest BCUT2D eigenvalue weighted by atomic mass is 9.81. The molecule has 5 aromatic carbocycles. The summed E-state index contributed by atoms with van der Waals surface area (Å²) < 4.78 is 47.1. The summed E-state index contributed by atoms with van der Waals surface area (Å²) in [6, 6.07) is 35.1. The zero-order valence-electron chi connectivity index (χ0n) is 39.4. The van der Waals surface area contributed by atoms with Crippen LogP contribution in [0.5, 0.6) is 17.2 Å². The molecule has 11 nitrogen and oxygen atoms in total. The maximum atomic E-state index is 14.4. The lowest BCUT2D eigenvalue weighted by Crippen LogP contribution is -2.44. The third-order valence-corrected chi connectivity index (χ3v) is 19.1. The Labute approximate surface area is 391 Å². The Hall–Kier alpha value is -5.74. The second-order valence-corrected chi connectivity index (χ2v) is 26.4. The number of carbonyl (C=O) groups is 3. The number of hydrogen-bond acceptors (Lipinski definition) is 11. The molecular formula is C53H64O11Si2. The van der Waals surface area contributed by atoms with Gasteiger partial charge >= 0.3 is 17.9 Å². The summed E-state index contributed by atoms with van der Waals surface area (Å²) in [7, 11) is -0.174. The van der Waals surface area contributed by atoms with Crippen LogP contribution < -0.4 is 14.2 Å². The van der Waals surface area contributed by atoms with Gasteiger partial charge in [-0.05, 0) is 92.1 Å². The molecule has 0 amide bonds. The minimum atomic E-state index is -1.77. The molecule has 0 saturated heterocycles. The van der Waals surface area contributed by atoms with Crippen molar-refractivity contribution in [2.75, 3.05) is 47.3 Å². The summed E-state index contributed by atoms with van der Waals surface area (Å²) >= 11 is 0. The highest BCUT2D eigenvalue weighted by atomic mass is 28.4. The van der Waals surface area contributed by atoms with Crippen molar-refractivity contribution in [1.82, 2.24) is 0 Å². The lowest BCUT2D eigenvalue weighted by Gasteiger charge is -2.37. The molecule has 1 aliphatic heterocycles. The van der Waals surface area contributed by atoms with Crippen LogP contribution in [0.25, 0.3) is 28.0 Å². The number of ether oxygens (including phenoxy) is 7. The molecule has 0 aromatic heterocycles. The third-order valence-electron chi connectivity index (χ3n) is 11.6. The molecule has 0 bridgehead atoms. The van der Waals surface area contributed by atoms with E-state index in [4.69, 9.17) is 37.3 Å². The minimum absolute atomic E-state index is 0.103. The van der Waals surface area contributed by atoms with Crippen LogP contribution in [-0.4, -0.2) is 81.8 Å². The molecule has 13 heteroatoms. The SMILES string of the molecule is CCCC[Si](C)(C)O[Si](C)(C)CCCOCCOC(=O)CCC(=O)OCCOC(=O)c1c2c(c3ccccc3c1-c1ccccc1)OC(c1ccc(OC)cc1)(c1ccc(OC)cc1)C=C2. The molecule has 0 N–H and O–H groups in total. The van der Waals surface area contributed by atoms with E-state index >= 15 is 0 Å². The number of unbranched alkanes of at least 4 members (excludes halogenated alkanes) is 1. The Morgan fingerprint density at radius 1 is 0.606 bits per heavy atom. The average Bonchev–Trinajstić information content (AvgIpc) is 3.33. The first-order chi connectivity index (χ1) is 31.8. The standard InChI is InChI=1S/C53H64O11Si2/c1-8-9-37-65(4,5)64-66(6,7)38-15-32-59-33-34-60-47(54)28-29-48(55)61-35-36-62-52(56)50-46-30-31-53(40-20-24-42(57-2)25-21-40,41-22-26-43(58-3)27-23-41)63-51(46)45-19-14-13-18-44(45)49(50)39-16-11-10-12-17-39/h10-14,16-27,30-31H,8-9,15,28-29,32-38H2,1-7H3. The Morgan fingerprint density at radius 2 is 1.14 bits per heavy atom. The van der Waals surface area contributed by atoms with E-state index in [0.717, 1.165) is 39.9 Å². The number of fused-ring (bicyclic) bond motifs is 3. The molecule has 1 aliphatic rings. The maximum Gasteiger partial charge on any atom is 0.339 e. The molecule has 66 heavy (non-hydrogen) atoms. The summed E-state index contributed by atoms with van der Waals surface area (Å²) in [5, 5.41) is 1.60. The molecule has 0 radical (unpaired) electrons. The van der Waals surface area contributed by atoms with Crippen molar-refractivity contribution in [3.8, 4) is 28.4 Å². The molecule has 0 spiro atoms. The molecule has 6 rings (SSSR count). The van der Waals surface area contributed by atoms with Crippen molar-refractivity contribution in [2.24, 2.45) is 0 Å².